The van der Waals surface area contributed by atoms with E-state index < -0.39 is 0 Å². The molecule has 0 bridgehead atoms. The van der Waals surface area contributed by atoms with Crippen LogP contribution in [0.2, 0.25) is 0 Å². The average Bonchev–Trinajstić information content (AvgIpc) is 2.59. The molecule has 0 unspecified atom stereocenters. The van der Waals surface area contributed by atoms with Crippen molar-refractivity contribution in [2.45, 2.75) is 26.3 Å². The second-order valence-electron chi connectivity index (χ2n) is 4.18. The Kier molecular flexibility index (Phi) is 4.07. The molecule has 18 heavy (non-hydrogen) atoms. The minimum absolute atomic E-state index is 0.224. The fraction of sp³-hybridized carbons (Fsp3) is 0.308. The molecule has 5 heteroatoms. The van der Waals surface area contributed by atoms with E-state index in [-0.39, 0.29) is 5.82 Å². The van der Waals surface area contributed by atoms with Gasteiger partial charge in [-0.25, -0.2) is 4.39 Å². The largest absolute Gasteiger partial charge is 0.265 e. The minimum Gasteiger partial charge on any atom is -0.265 e. The number of halogens is 3. The Morgan fingerprint density at radius 2 is 2.11 bits per heavy atom. The first-order valence-corrected chi connectivity index (χ1v) is 6.88. The van der Waals surface area contributed by atoms with Crippen molar-refractivity contribution in [3.05, 3.63) is 51.0 Å². The van der Waals surface area contributed by atoms with Gasteiger partial charge in [-0.2, -0.15) is 5.10 Å². The molecule has 0 aliphatic rings. The Morgan fingerprint density at radius 3 is 2.72 bits per heavy atom. The fourth-order valence-corrected chi connectivity index (χ4v) is 2.70. The molecule has 0 atom stereocenters. The number of aromatic nitrogens is 2. The predicted octanol–water partition coefficient (Wildman–Crippen LogP) is 4.19. The van der Waals surface area contributed by atoms with Crippen LogP contribution in [-0.4, -0.2) is 9.78 Å². The van der Waals surface area contributed by atoms with Gasteiger partial charge in [0.2, 0.25) is 0 Å². The first kappa shape index (κ1) is 13.6. The van der Waals surface area contributed by atoms with Crippen molar-refractivity contribution in [2.24, 2.45) is 0 Å². The molecule has 1 heterocycles. The van der Waals surface area contributed by atoms with E-state index in [1.807, 2.05) is 13.8 Å². The second-order valence-corrected chi connectivity index (χ2v) is 5.36. The van der Waals surface area contributed by atoms with Crippen molar-refractivity contribution in [2.75, 3.05) is 0 Å². The van der Waals surface area contributed by atoms with Gasteiger partial charge in [-0.05, 0) is 32.0 Å². The summed E-state index contributed by atoms with van der Waals surface area (Å²) < 4.78 is 16.3. The zero-order chi connectivity index (χ0) is 13.3. The Bertz CT molecular complexity index is 581. The number of rotatable bonds is 3. The van der Waals surface area contributed by atoms with Crippen molar-refractivity contribution in [3.8, 4) is 0 Å². The third kappa shape index (κ3) is 2.59. The summed E-state index contributed by atoms with van der Waals surface area (Å²) in [5.74, 6) is 0.205. The normalized spacial score (nSPS) is 10.9. The summed E-state index contributed by atoms with van der Waals surface area (Å²) in [6.45, 7) is 4.28. The molecule has 0 radical (unpaired) electrons. The van der Waals surface area contributed by atoms with E-state index in [0.717, 1.165) is 21.4 Å². The van der Waals surface area contributed by atoms with E-state index in [9.17, 15) is 4.39 Å². The lowest BCUT2D eigenvalue weighted by atomic mass is 10.2. The van der Waals surface area contributed by atoms with Crippen LogP contribution in [0.15, 0.2) is 22.7 Å². The Hall–Kier alpha value is -0.870. The smallest absolute Gasteiger partial charge is 0.128 e. The molecule has 0 saturated carbocycles. The van der Waals surface area contributed by atoms with Gasteiger partial charge in [0.1, 0.15) is 5.82 Å². The van der Waals surface area contributed by atoms with Crippen LogP contribution in [-0.2, 0) is 12.4 Å². The lowest BCUT2D eigenvalue weighted by Gasteiger charge is -2.07. The SMILES string of the molecule is Cc1nn(Cc2cc(Br)ccc2F)c(C)c1CCl. The summed E-state index contributed by atoms with van der Waals surface area (Å²) in [5.41, 5.74) is 3.52. The molecule has 0 amide bonds. The lowest BCUT2D eigenvalue weighted by molar-refractivity contribution is 0.578. The number of hydrogen-bond donors (Lipinski definition) is 0. The Labute approximate surface area is 119 Å². The van der Waals surface area contributed by atoms with Crippen LogP contribution in [0, 0.1) is 19.7 Å². The van der Waals surface area contributed by atoms with Crippen LogP contribution in [0.5, 0.6) is 0 Å². The van der Waals surface area contributed by atoms with E-state index in [2.05, 4.69) is 21.0 Å². The minimum atomic E-state index is -0.224. The quantitative estimate of drug-likeness (QED) is 0.771. The van der Waals surface area contributed by atoms with Crippen LogP contribution >= 0.6 is 27.5 Å². The molecule has 96 valence electrons. The van der Waals surface area contributed by atoms with Gasteiger partial charge in [-0.1, -0.05) is 15.9 Å². The van der Waals surface area contributed by atoms with Gasteiger partial charge in [0.25, 0.3) is 0 Å². The first-order chi connectivity index (χ1) is 8.52. The number of benzene rings is 1. The Balaban J connectivity index is 2.37. The van der Waals surface area contributed by atoms with Crippen molar-refractivity contribution in [3.63, 3.8) is 0 Å². The molecule has 0 aliphatic heterocycles. The third-order valence-corrected chi connectivity index (χ3v) is 3.75. The van der Waals surface area contributed by atoms with E-state index in [1.165, 1.54) is 6.07 Å². The maximum Gasteiger partial charge on any atom is 0.128 e. The van der Waals surface area contributed by atoms with E-state index in [0.29, 0.717) is 18.0 Å². The second kappa shape index (κ2) is 5.41. The fourth-order valence-electron chi connectivity index (χ4n) is 1.91. The molecule has 0 N–H and O–H groups in total. The van der Waals surface area contributed by atoms with Crippen molar-refractivity contribution < 1.29 is 4.39 Å². The highest BCUT2D eigenvalue weighted by Gasteiger charge is 2.12. The third-order valence-electron chi connectivity index (χ3n) is 2.99. The monoisotopic (exact) mass is 330 g/mol. The van der Waals surface area contributed by atoms with Gasteiger partial charge in [0.15, 0.2) is 0 Å². The van der Waals surface area contributed by atoms with Crippen molar-refractivity contribution >= 4 is 27.5 Å². The molecule has 2 aromatic rings. The van der Waals surface area contributed by atoms with E-state index in [4.69, 9.17) is 11.6 Å². The summed E-state index contributed by atoms with van der Waals surface area (Å²) >= 11 is 9.22. The highest BCUT2D eigenvalue weighted by molar-refractivity contribution is 9.10. The van der Waals surface area contributed by atoms with Gasteiger partial charge >= 0.3 is 0 Å². The molecular formula is C13H13BrClFN2. The standard InChI is InChI=1S/C13H13BrClFN2/c1-8-12(6-15)9(2)18(17-8)7-10-5-11(14)3-4-13(10)16/h3-5H,6-7H2,1-2H3. The van der Waals surface area contributed by atoms with Crippen LogP contribution < -0.4 is 0 Å². The molecule has 1 aromatic heterocycles. The number of hydrogen-bond acceptors (Lipinski definition) is 1. The summed E-state index contributed by atoms with van der Waals surface area (Å²) in [6, 6.07) is 4.91. The summed E-state index contributed by atoms with van der Waals surface area (Å²) in [4.78, 5) is 0. The zero-order valence-electron chi connectivity index (χ0n) is 10.2. The van der Waals surface area contributed by atoms with Gasteiger partial charge in [-0.3, -0.25) is 4.68 Å². The summed E-state index contributed by atoms with van der Waals surface area (Å²) in [6.07, 6.45) is 0. The maximum atomic E-state index is 13.7. The predicted molar refractivity (Wildman–Crippen MR) is 74.5 cm³/mol. The zero-order valence-corrected chi connectivity index (χ0v) is 12.5. The van der Waals surface area contributed by atoms with Crippen LogP contribution in [0.3, 0.4) is 0 Å². The summed E-state index contributed by atoms with van der Waals surface area (Å²) in [5, 5.41) is 4.40. The number of alkyl halides is 1. The summed E-state index contributed by atoms with van der Waals surface area (Å²) in [7, 11) is 0. The highest BCUT2D eigenvalue weighted by Crippen LogP contribution is 2.20. The topological polar surface area (TPSA) is 17.8 Å². The molecule has 0 saturated heterocycles. The molecule has 1 aromatic carbocycles. The van der Waals surface area contributed by atoms with E-state index in [1.54, 1.807) is 16.8 Å². The molecule has 0 aliphatic carbocycles. The number of nitrogens with zero attached hydrogens (tertiary/aromatic N) is 2. The molecule has 0 spiro atoms. The Morgan fingerprint density at radius 1 is 1.39 bits per heavy atom. The lowest BCUT2D eigenvalue weighted by Crippen LogP contribution is -2.06. The maximum absolute atomic E-state index is 13.7. The van der Waals surface area contributed by atoms with Gasteiger partial charge in [-0.15, -0.1) is 11.6 Å². The van der Waals surface area contributed by atoms with Crippen LogP contribution in [0.25, 0.3) is 0 Å². The molecule has 2 nitrogen and oxygen atoms in total. The average molecular weight is 332 g/mol. The first-order valence-electron chi connectivity index (χ1n) is 5.55. The van der Waals surface area contributed by atoms with Gasteiger partial charge < -0.3 is 0 Å². The van der Waals surface area contributed by atoms with Gasteiger partial charge in [0, 0.05) is 21.3 Å². The number of aryl methyl sites for hydroxylation is 1. The highest BCUT2D eigenvalue weighted by atomic mass is 79.9. The van der Waals surface area contributed by atoms with Crippen LogP contribution in [0.1, 0.15) is 22.5 Å². The molecule has 2 rings (SSSR count). The van der Waals surface area contributed by atoms with Crippen molar-refractivity contribution in [1.82, 2.24) is 9.78 Å². The van der Waals surface area contributed by atoms with E-state index >= 15 is 0 Å². The van der Waals surface area contributed by atoms with Crippen molar-refractivity contribution in [1.29, 1.82) is 0 Å². The molecule has 0 fully saturated rings. The molecular weight excluding hydrogens is 319 g/mol. The van der Waals surface area contributed by atoms with Crippen LogP contribution in [0.4, 0.5) is 4.39 Å². The van der Waals surface area contributed by atoms with Gasteiger partial charge in [0.05, 0.1) is 18.1 Å².